The van der Waals surface area contributed by atoms with Crippen molar-refractivity contribution in [3.05, 3.63) is 21.1 Å². The van der Waals surface area contributed by atoms with Gasteiger partial charge in [0.2, 0.25) is 0 Å². The van der Waals surface area contributed by atoms with E-state index in [0.29, 0.717) is 11.5 Å². The molecule has 1 aromatic carbocycles. The van der Waals surface area contributed by atoms with E-state index >= 15 is 0 Å². The van der Waals surface area contributed by atoms with Gasteiger partial charge in [-0.05, 0) is 62.6 Å². The van der Waals surface area contributed by atoms with Gasteiger partial charge < -0.3 is 10.1 Å². The first kappa shape index (κ1) is 14.2. The Kier molecular flexibility index (Phi) is 4.27. The van der Waals surface area contributed by atoms with E-state index in [1.54, 1.807) is 7.11 Å². The predicted octanol–water partition coefficient (Wildman–Crippen LogP) is 5.21. The Morgan fingerprint density at radius 1 is 1.28 bits per heavy atom. The molecule has 1 atom stereocenters. The van der Waals surface area contributed by atoms with Crippen LogP contribution >= 0.6 is 31.9 Å². The molecule has 0 bridgehead atoms. The predicted molar refractivity (Wildman–Crippen MR) is 83.4 cm³/mol. The molecule has 0 aliphatic heterocycles. The van der Waals surface area contributed by atoms with Crippen LogP contribution in [0.2, 0.25) is 0 Å². The molecular weight excluding hydrogens is 358 g/mol. The van der Waals surface area contributed by atoms with Crippen LogP contribution < -0.4 is 10.1 Å². The van der Waals surface area contributed by atoms with Crippen molar-refractivity contribution in [1.29, 1.82) is 0 Å². The van der Waals surface area contributed by atoms with Crippen LogP contribution in [0, 0.1) is 5.41 Å². The van der Waals surface area contributed by atoms with Crippen molar-refractivity contribution in [3.63, 3.8) is 0 Å². The number of hydrogen-bond acceptors (Lipinski definition) is 2. The lowest BCUT2D eigenvalue weighted by Crippen LogP contribution is -2.17. The van der Waals surface area contributed by atoms with Crippen LogP contribution in [0.4, 0.5) is 5.69 Å². The lowest BCUT2D eigenvalue weighted by Gasteiger charge is -2.20. The Hall–Kier alpha value is -0.220. The standard InChI is InChI=1S/C14H19Br2NO/c1-14(2)5-4-9(8-14)17-12-7-13(18-3)11(16)6-10(12)15/h6-7,9,17H,4-5,8H2,1-3H3. The summed E-state index contributed by atoms with van der Waals surface area (Å²) in [4.78, 5) is 0. The van der Waals surface area contributed by atoms with Gasteiger partial charge >= 0.3 is 0 Å². The van der Waals surface area contributed by atoms with Gasteiger partial charge in [0.1, 0.15) is 5.75 Å². The van der Waals surface area contributed by atoms with Gasteiger partial charge in [-0.1, -0.05) is 13.8 Å². The third-order valence-corrected chi connectivity index (χ3v) is 4.85. The number of nitrogens with one attached hydrogen (secondary N) is 1. The number of hydrogen-bond donors (Lipinski definition) is 1. The maximum absolute atomic E-state index is 5.34. The van der Waals surface area contributed by atoms with Crippen LogP contribution in [0.5, 0.6) is 5.75 Å². The maximum Gasteiger partial charge on any atom is 0.135 e. The molecule has 1 aliphatic rings. The molecule has 2 nitrogen and oxygen atoms in total. The Bertz CT molecular complexity index is 446. The van der Waals surface area contributed by atoms with Crippen molar-refractivity contribution in [2.45, 2.75) is 39.2 Å². The van der Waals surface area contributed by atoms with E-state index in [2.05, 4.69) is 51.0 Å². The summed E-state index contributed by atoms with van der Waals surface area (Å²) < 4.78 is 7.37. The van der Waals surface area contributed by atoms with Crippen LogP contribution in [0.25, 0.3) is 0 Å². The van der Waals surface area contributed by atoms with Gasteiger partial charge in [0.15, 0.2) is 0 Å². The zero-order valence-corrected chi connectivity index (χ0v) is 14.2. The number of benzene rings is 1. The Labute approximate surface area is 126 Å². The number of halogens is 2. The molecule has 1 saturated carbocycles. The highest BCUT2D eigenvalue weighted by Gasteiger charge is 2.31. The summed E-state index contributed by atoms with van der Waals surface area (Å²) in [5, 5.41) is 3.62. The lowest BCUT2D eigenvalue weighted by atomic mass is 9.92. The molecule has 0 amide bonds. The largest absolute Gasteiger partial charge is 0.495 e. The van der Waals surface area contributed by atoms with Crippen molar-refractivity contribution in [2.75, 3.05) is 12.4 Å². The van der Waals surface area contributed by atoms with Gasteiger partial charge in [-0.3, -0.25) is 0 Å². The Balaban J connectivity index is 2.14. The van der Waals surface area contributed by atoms with Crippen molar-refractivity contribution in [1.82, 2.24) is 0 Å². The van der Waals surface area contributed by atoms with E-state index in [-0.39, 0.29) is 0 Å². The van der Waals surface area contributed by atoms with E-state index in [0.717, 1.165) is 20.4 Å². The molecule has 0 heterocycles. The highest BCUT2D eigenvalue weighted by atomic mass is 79.9. The Morgan fingerprint density at radius 3 is 2.56 bits per heavy atom. The summed E-state index contributed by atoms with van der Waals surface area (Å²) in [6.45, 7) is 4.68. The molecule has 1 fully saturated rings. The van der Waals surface area contributed by atoms with Gasteiger partial charge in [-0.2, -0.15) is 0 Å². The fourth-order valence-corrected chi connectivity index (χ4v) is 3.85. The Morgan fingerprint density at radius 2 is 2.00 bits per heavy atom. The van der Waals surface area contributed by atoms with Crippen molar-refractivity contribution < 1.29 is 4.74 Å². The number of rotatable bonds is 3. The van der Waals surface area contributed by atoms with Gasteiger partial charge in [0.25, 0.3) is 0 Å². The molecule has 100 valence electrons. The molecular formula is C14H19Br2NO. The van der Waals surface area contributed by atoms with E-state index in [9.17, 15) is 0 Å². The van der Waals surface area contributed by atoms with E-state index < -0.39 is 0 Å². The first-order valence-electron chi connectivity index (χ1n) is 6.21. The van der Waals surface area contributed by atoms with Crippen molar-refractivity contribution in [2.24, 2.45) is 5.41 Å². The van der Waals surface area contributed by atoms with Gasteiger partial charge in [0.05, 0.1) is 17.3 Å². The summed E-state index contributed by atoms with van der Waals surface area (Å²) in [6.07, 6.45) is 3.74. The molecule has 0 saturated heterocycles. The monoisotopic (exact) mass is 375 g/mol. The molecule has 1 unspecified atom stereocenters. The number of anilines is 1. The van der Waals surface area contributed by atoms with Gasteiger partial charge in [-0.15, -0.1) is 0 Å². The second-order valence-corrected chi connectivity index (χ2v) is 7.42. The number of methoxy groups -OCH3 is 1. The minimum atomic E-state index is 0.462. The fraction of sp³-hybridized carbons (Fsp3) is 0.571. The molecule has 1 aromatic rings. The molecule has 0 spiro atoms. The highest BCUT2D eigenvalue weighted by molar-refractivity contribution is 9.11. The van der Waals surface area contributed by atoms with Crippen molar-refractivity contribution >= 4 is 37.5 Å². The summed E-state index contributed by atoms with van der Waals surface area (Å²) in [7, 11) is 1.69. The summed E-state index contributed by atoms with van der Waals surface area (Å²) in [5.41, 5.74) is 1.57. The van der Waals surface area contributed by atoms with Crippen LogP contribution in [0.15, 0.2) is 21.1 Å². The van der Waals surface area contributed by atoms with Gasteiger partial charge in [-0.25, -0.2) is 0 Å². The lowest BCUT2D eigenvalue weighted by molar-refractivity contribution is 0.378. The second kappa shape index (κ2) is 5.41. The molecule has 1 N–H and O–H groups in total. The summed E-state index contributed by atoms with van der Waals surface area (Å²) in [5.74, 6) is 0.859. The smallest absolute Gasteiger partial charge is 0.135 e. The van der Waals surface area contributed by atoms with E-state index in [1.165, 1.54) is 19.3 Å². The average Bonchev–Trinajstić information content (AvgIpc) is 2.62. The molecule has 1 aliphatic carbocycles. The van der Waals surface area contributed by atoms with E-state index in [1.807, 2.05) is 12.1 Å². The third kappa shape index (κ3) is 3.21. The van der Waals surface area contributed by atoms with Gasteiger partial charge in [0, 0.05) is 16.6 Å². The quantitative estimate of drug-likeness (QED) is 0.781. The first-order valence-corrected chi connectivity index (χ1v) is 7.79. The zero-order valence-electron chi connectivity index (χ0n) is 11.0. The van der Waals surface area contributed by atoms with Crippen LogP contribution in [0.3, 0.4) is 0 Å². The summed E-state index contributed by atoms with van der Waals surface area (Å²) >= 11 is 7.09. The third-order valence-electron chi connectivity index (χ3n) is 3.57. The zero-order chi connectivity index (χ0) is 13.3. The first-order chi connectivity index (χ1) is 8.41. The average molecular weight is 377 g/mol. The molecule has 18 heavy (non-hydrogen) atoms. The molecule has 0 radical (unpaired) electrons. The van der Waals surface area contributed by atoms with E-state index in [4.69, 9.17) is 4.74 Å². The highest BCUT2D eigenvalue weighted by Crippen LogP contribution is 2.40. The minimum absolute atomic E-state index is 0.462. The van der Waals surface area contributed by atoms with Crippen molar-refractivity contribution in [3.8, 4) is 5.75 Å². The summed E-state index contributed by atoms with van der Waals surface area (Å²) in [6, 6.07) is 4.63. The fourth-order valence-electron chi connectivity index (χ4n) is 2.58. The SMILES string of the molecule is COc1cc(NC2CCC(C)(C)C2)c(Br)cc1Br. The number of ether oxygens (including phenoxy) is 1. The van der Waals surface area contributed by atoms with Crippen LogP contribution in [-0.4, -0.2) is 13.2 Å². The molecule has 0 aromatic heterocycles. The normalized spacial score (nSPS) is 21.9. The topological polar surface area (TPSA) is 21.3 Å². The maximum atomic E-state index is 5.34. The molecule has 2 rings (SSSR count). The second-order valence-electron chi connectivity index (χ2n) is 5.71. The van der Waals surface area contributed by atoms with Crippen LogP contribution in [-0.2, 0) is 0 Å². The minimum Gasteiger partial charge on any atom is -0.495 e. The molecule has 4 heteroatoms. The van der Waals surface area contributed by atoms with Crippen LogP contribution in [0.1, 0.15) is 33.1 Å².